The molecule has 2 aliphatic rings. The second kappa shape index (κ2) is 8.96. The van der Waals surface area contributed by atoms with Crippen LogP contribution in [0.3, 0.4) is 0 Å². The molecule has 0 bridgehead atoms. The quantitative estimate of drug-likeness (QED) is 0.749. The van der Waals surface area contributed by atoms with Crippen molar-refractivity contribution in [2.45, 2.75) is 70.5 Å². The fourth-order valence-electron chi connectivity index (χ4n) is 4.25. The van der Waals surface area contributed by atoms with Crippen LogP contribution in [0.5, 0.6) is 11.5 Å². The van der Waals surface area contributed by atoms with Crippen LogP contribution in [0.25, 0.3) is 0 Å². The van der Waals surface area contributed by atoms with Crippen molar-refractivity contribution >= 4 is 5.91 Å². The second-order valence-electron chi connectivity index (χ2n) is 8.21. The van der Waals surface area contributed by atoms with Gasteiger partial charge in [0.1, 0.15) is 11.5 Å². The van der Waals surface area contributed by atoms with E-state index in [0.29, 0.717) is 18.6 Å². The number of nitrogens with one attached hydrogen (secondary N) is 1. The van der Waals surface area contributed by atoms with E-state index in [1.54, 1.807) is 14.2 Å². The van der Waals surface area contributed by atoms with Gasteiger partial charge in [0, 0.05) is 17.6 Å². The Balaban J connectivity index is 1.62. The van der Waals surface area contributed by atoms with Crippen LogP contribution < -0.4 is 14.8 Å². The van der Waals surface area contributed by atoms with Gasteiger partial charge in [-0.15, -0.1) is 0 Å². The van der Waals surface area contributed by atoms with Crippen LogP contribution in [0.2, 0.25) is 0 Å². The summed E-state index contributed by atoms with van der Waals surface area (Å²) in [4.78, 5) is 15.3. The molecule has 0 aliphatic heterocycles. The molecule has 0 radical (unpaired) electrons. The molecule has 5 nitrogen and oxygen atoms in total. The Kier molecular flexibility index (Phi) is 6.64. The van der Waals surface area contributed by atoms with E-state index >= 15 is 0 Å². The summed E-state index contributed by atoms with van der Waals surface area (Å²) >= 11 is 0. The minimum atomic E-state index is -0.130. The molecule has 2 saturated carbocycles. The highest BCUT2D eigenvalue weighted by atomic mass is 16.5. The Morgan fingerprint density at radius 1 is 1.11 bits per heavy atom. The van der Waals surface area contributed by atoms with Crippen molar-refractivity contribution < 1.29 is 14.3 Å². The Morgan fingerprint density at radius 2 is 1.74 bits per heavy atom. The van der Waals surface area contributed by atoms with E-state index < -0.39 is 0 Å². The van der Waals surface area contributed by atoms with Crippen LogP contribution in [0.15, 0.2) is 18.2 Å². The lowest BCUT2D eigenvalue weighted by Gasteiger charge is -2.36. The van der Waals surface area contributed by atoms with Crippen molar-refractivity contribution in [3.05, 3.63) is 23.8 Å². The molecule has 0 heterocycles. The Morgan fingerprint density at radius 3 is 2.30 bits per heavy atom. The fraction of sp³-hybridized carbons (Fsp3) is 0.682. The van der Waals surface area contributed by atoms with Gasteiger partial charge in [0.2, 0.25) is 5.91 Å². The molecule has 5 heteroatoms. The van der Waals surface area contributed by atoms with Crippen molar-refractivity contribution in [2.24, 2.45) is 5.92 Å². The van der Waals surface area contributed by atoms with Crippen LogP contribution in [-0.2, 0) is 4.79 Å². The highest BCUT2D eigenvalue weighted by Crippen LogP contribution is 2.35. The molecular weight excluding hydrogens is 340 g/mol. The van der Waals surface area contributed by atoms with Gasteiger partial charge in [-0.1, -0.05) is 6.92 Å². The zero-order valence-electron chi connectivity index (χ0n) is 17.2. The summed E-state index contributed by atoms with van der Waals surface area (Å²) < 4.78 is 10.8. The van der Waals surface area contributed by atoms with Gasteiger partial charge in [0.15, 0.2) is 0 Å². The topological polar surface area (TPSA) is 50.8 Å². The van der Waals surface area contributed by atoms with Crippen molar-refractivity contribution in [2.75, 3.05) is 20.8 Å². The molecule has 2 aliphatic carbocycles. The number of benzene rings is 1. The van der Waals surface area contributed by atoms with Crippen molar-refractivity contribution in [1.29, 1.82) is 0 Å². The smallest absolute Gasteiger partial charge is 0.234 e. The number of carbonyl (C=O) groups excluding carboxylic acids is 1. The summed E-state index contributed by atoms with van der Waals surface area (Å²) in [7, 11) is 3.30. The van der Waals surface area contributed by atoms with E-state index in [1.165, 1.54) is 38.5 Å². The third-order valence-corrected chi connectivity index (χ3v) is 6.08. The molecule has 0 saturated heterocycles. The van der Waals surface area contributed by atoms with Gasteiger partial charge in [-0.25, -0.2) is 0 Å². The predicted molar refractivity (Wildman–Crippen MR) is 107 cm³/mol. The zero-order chi connectivity index (χ0) is 19.4. The molecule has 3 rings (SSSR count). The number of hydrogen-bond donors (Lipinski definition) is 1. The third kappa shape index (κ3) is 5.16. The van der Waals surface area contributed by atoms with Gasteiger partial charge in [0.25, 0.3) is 0 Å². The van der Waals surface area contributed by atoms with Gasteiger partial charge < -0.3 is 14.8 Å². The lowest BCUT2D eigenvalue weighted by atomic mass is 9.86. The average molecular weight is 375 g/mol. The molecule has 2 fully saturated rings. The number of hydrogen-bond acceptors (Lipinski definition) is 4. The van der Waals surface area contributed by atoms with Crippen molar-refractivity contribution in [3.63, 3.8) is 0 Å². The van der Waals surface area contributed by atoms with Crippen LogP contribution in [-0.4, -0.2) is 43.7 Å². The number of carbonyl (C=O) groups is 1. The largest absolute Gasteiger partial charge is 0.497 e. The standard InChI is InChI=1S/C22H34N2O3/c1-15-5-7-17(8-6-15)24(18-9-10-18)14-22(25)23-16(2)20-13-19(26-3)11-12-21(20)27-4/h11-13,15-18H,5-10,14H2,1-4H3,(H,23,25). The highest BCUT2D eigenvalue weighted by Gasteiger charge is 2.36. The molecule has 1 aromatic carbocycles. The van der Waals surface area contributed by atoms with Crippen LogP contribution >= 0.6 is 0 Å². The van der Waals surface area contributed by atoms with Crippen LogP contribution in [0, 0.1) is 5.92 Å². The molecule has 1 unspecified atom stereocenters. The molecular formula is C22H34N2O3. The minimum Gasteiger partial charge on any atom is -0.497 e. The first-order valence-electron chi connectivity index (χ1n) is 10.3. The first kappa shape index (κ1) is 20.0. The maximum Gasteiger partial charge on any atom is 0.234 e. The van der Waals surface area contributed by atoms with Gasteiger partial charge in [-0.05, 0) is 69.6 Å². The predicted octanol–water partition coefficient (Wildman–Crippen LogP) is 3.92. The molecule has 1 aromatic rings. The van der Waals surface area contributed by atoms with Gasteiger partial charge >= 0.3 is 0 Å². The minimum absolute atomic E-state index is 0.0953. The number of nitrogens with zero attached hydrogens (tertiary/aromatic N) is 1. The summed E-state index contributed by atoms with van der Waals surface area (Å²) in [6, 6.07) is 6.74. The van der Waals surface area contributed by atoms with E-state index in [9.17, 15) is 4.79 Å². The van der Waals surface area contributed by atoms with Crippen molar-refractivity contribution in [1.82, 2.24) is 10.2 Å². The summed E-state index contributed by atoms with van der Waals surface area (Å²) in [5.41, 5.74) is 0.940. The normalized spacial score (nSPS) is 23.7. The molecule has 27 heavy (non-hydrogen) atoms. The molecule has 1 amide bonds. The van der Waals surface area contributed by atoms with E-state index in [1.807, 2.05) is 25.1 Å². The number of amides is 1. The Hall–Kier alpha value is -1.75. The first-order chi connectivity index (χ1) is 13.0. The molecule has 1 atom stereocenters. The molecule has 1 N–H and O–H groups in total. The van der Waals surface area contributed by atoms with E-state index in [4.69, 9.17) is 9.47 Å². The lowest BCUT2D eigenvalue weighted by molar-refractivity contribution is -0.123. The van der Waals surface area contributed by atoms with E-state index in [2.05, 4.69) is 17.1 Å². The number of methoxy groups -OCH3 is 2. The molecule has 0 spiro atoms. The summed E-state index contributed by atoms with van der Waals surface area (Å²) in [6.07, 6.45) is 7.49. The Labute approximate surface area is 163 Å². The first-order valence-corrected chi connectivity index (χ1v) is 10.3. The van der Waals surface area contributed by atoms with Gasteiger partial charge in [0.05, 0.1) is 26.8 Å². The van der Waals surface area contributed by atoms with E-state index in [0.717, 1.165) is 23.0 Å². The zero-order valence-corrected chi connectivity index (χ0v) is 17.2. The lowest BCUT2D eigenvalue weighted by Crippen LogP contribution is -2.46. The summed E-state index contributed by atoms with van der Waals surface area (Å²) in [5.74, 6) is 2.46. The molecule has 150 valence electrons. The number of rotatable bonds is 8. The van der Waals surface area contributed by atoms with Gasteiger partial charge in [-0.2, -0.15) is 0 Å². The SMILES string of the molecule is COc1ccc(OC)c(C(C)NC(=O)CN(C2CCC(C)CC2)C2CC2)c1. The maximum absolute atomic E-state index is 12.8. The van der Waals surface area contributed by atoms with Crippen LogP contribution in [0.4, 0.5) is 0 Å². The fourth-order valence-corrected chi connectivity index (χ4v) is 4.25. The monoisotopic (exact) mass is 374 g/mol. The Bertz CT molecular complexity index is 636. The van der Waals surface area contributed by atoms with Crippen LogP contribution in [0.1, 0.15) is 64.0 Å². The summed E-state index contributed by atoms with van der Waals surface area (Å²) in [6.45, 7) is 4.84. The summed E-state index contributed by atoms with van der Waals surface area (Å²) in [5, 5.41) is 3.17. The number of ether oxygens (including phenoxy) is 2. The maximum atomic E-state index is 12.8. The second-order valence-corrected chi connectivity index (χ2v) is 8.21. The highest BCUT2D eigenvalue weighted by molar-refractivity contribution is 5.78. The third-order valence-electron chi connectivity index (χ3n) is 6.08. The molecule has 0 aromatic heterocycles. The van der Waals surface area contributed by atoms with E-state index in [-0.39, 0.29) is 11.9 Å². The van der Waals surface area contributed by atoms with Gasteiger partial charge in [-0.3, -0.25) is 9.69 Å². The van der Waals surface area contributed by atoms with Crippen molar-refractivity contribution in [3.8, 4) is 11.5 Å². The average Bonchev–Trinajstić information content (AvgIpc) is 3.51.